The predicted molar refractivity (Wildman–Crippen MR) is 124 cm³/mol. The molecule has 0 bridgehead atoms. The second-order valence-electron chi connectivity index (χ2n) is 8.22. The Morgan fingerprint density at radius 2 is 1.88 bits per heavy atom. The Balaban J connectivity index is 2.12. The number of rotatable bonds is 11. The van der Waals surface area contributed by atoms with Gasteiger partial charge in [0.25, 0.3) is 0 Å². The highest BCUT2D eigenvalue weighted by Crippen LogP contribution is 2.42. The van der Waals surface area contributed by atoms with Gasteiger partial charge in [-0.1, -0.05) is 50.1 Å². The Morgan fingerprint density at radius 3 is 2.47 bits per heavy atom. The molecule has 10 heteroatoms. The van der Waals surface area contributed by atoms with Gasteiger partial charge in [0, 0.05) is 19.5 Å². The number of nitrogens with zero attached hydrogens (tertiary/aromatic N) is 2. The third kappa shape index (κ3) is 5.80. The summed E-state index contributed by atoms with van der Waals surface area (Å²) in [5.41, 5.74) is -1.28. The van der Waals surface area contributed by atoms with Gasteiger partial charge < -0.3 is 20.1 Å². The van der Waals surface area contributed by atoms with Crippen molar-refractivity contribution in [3.8, 4) is 0 Å². The molecule has 0 radical (unpaired) electrons. The first kappa shape index (κ1) is 25.4. The van der Waals surface area contributed by atoms with Crippen molar-refractivity contribution < 1.29 is 28.3 Å². The SMILES string of the molecule is CCCCCc1c(F)c(N2CCOCC2)c(F)c(N[C@@H](Cc2ccccc2)C(=O)O)c1[N+](=O)[O-]. The number of unbranched alkanes of at least 4 members (excludes halogenated alkanes) is 2. The summed E-state index contributed by atoms with van der Waals surface area (Å²) in [6, 6.07) is 7.30. The average molecular weight is 478 g/mol. The zero-order valence-electron chi connectivity index (χ0n) is 19.1. The molecule has 1 fully saturated rings. The molecule has 1 atom stereocenters. The largest absolute Gasteiger partial charge is 0.480 e. The Labute approximate surface area is 196 Å². The number of benzene rings is 2. The summed E-state index contributed by atoms with van der Waals surface area (Å²) in [6.45, 7) is 2.89. The molecule has 3 rings (SSSR count). The van der Waals surface area contributed by atoms with E-state index in [1.165, 1.54) is 4.90 Å². The smallest absolute Gasteiger partial charge is 0.326 e. The number of morpholine rings is 1. The number of carboxylic acids is 1. The van der Waals surface area contributed by atoms with Crippen molar-refractivity contribution in [2.24, 2.45) is 0 Å². The minimum absolute atomic E-state index is 0.0395. The first-order chi connectivity index (χ1) is 16.3. The van der Waals surface area contributed by atoms with Crippen molar-refractivity contribution in [1.82, 2.24) is 0 Å². The predicted octanol–water partition coefficient (Wildman–Crippen LogP) is 4.55. The first-order valence-corrected chi connectivity index (χ1v) is 11.4. The van der Waals surface area contributed by atoms with E-state index in [2.05, 4.69) is 5.32 Å². The molecule has 8 nitrogen and oxygen atoms in total. The van der Waals surface area contributed by atoms with Crippen LogP contribution in [0, 0.1) is 21.7 Å². The molecule has 1 saturated heterocycles. The van der Waals surface area contributed by atoms with E-state index in [1.807, 2.05) is 6.92 Å². The second-order valence-corrected chi connectivity index (χ2v) is 8.22. The fraction of sp³-hybridized carbons (Fsp3) is 0.458. The third-order valence-corrected chi connectivity index (χ3v) is 5.86. The van der Waals surface area contributed by atoms with Crippen LogP contribution in [0.3, 0.4) is 0 Å². The Morgan fingerprint density at radius 1 is 1.21 bits per heavy atom. The molecule has 2 aromatic carbocycles. The van der Waals surface area contributed by atoms with Crippen LogP contribution in [0.4, 0.5) is 25.8 Å². The minimum atomic E-state index is -1.36. The van der Waals surface area contributed by atoms with Crippen LogP contribution in [0.25, 0.3) is 0 Å². The van der Waals surface area contributed by atoms with Crippen molar-refractivity contribution in [3.63, 3.8) is 0 Å². The maximum Gasteiger partial charge on any atom is 0.326 e. The van der Waals surface area contributed by atoms with E-state index in [4.69, 9.17) is 4.74 Å². The molecule has 0 unspecified atom stereocenters. The molecular formula is C24H29F2N3O5. The van der Waals surface area contributed by atoms with Crippen molar-refractivity contribution in [2.45, 2.75) is 45.1 Å². The normalized spacial score (nSPS) is 14.6. The van der Waals surface area contributed by atoms with Gasteiger partial charge >= 0.3 is 11.7 Å². The zero-order chi connectivity index (χ0) is 24.7. The van der Waals surface area contributed by atoms with Crippen molar-refractivity contribution >= 4 is 23.0 Å². The van der Waals surface area contributed by atoms with Gasteiger partial charge in [0.1, 0.15) is 11.7 Å². The third-order valence-electron chi connectivity index (χ3n) is 5.86. The summed E-state index contributed by atoms with van der Waals surface area (Å²) < 4.78 is 36.7. The number of hydrogen-bond donors (Lipinski definition) is 2. The van der Waals surface area contributed by atoms with Crippen LogP contribution in [0.5, 0.6) is 0 Å². The van der Waals surface area contributed by atoms with Gasteiger partial charge in [0.15, 0.2) is 17.3 Å². The number of nitro groups is 1. The summed E-state index contributed by atoms with van der Waals surface area (Å²) >= 11 is 0. The lowest BCUT2D eigenvalue weighted by molar-refractivity contribution is -0.385. The maximum atomic E-state index is 15.8. The number of ether oxygens (including phenoxy) is 1. The molecule has 184 valence electrons. The highest BCUT2D eigenvalue weighted by atomic mass is 19.1. The molecule has 0 aromatic heterocycles. The molecule has 1 aliphatic rings. The number of anilines is 2. The summed E-state index contributed by atoms with van der Waals surface area (Å²) in [7, 11) is 0. The number of hydrogen-bond acceptors (Lipinski definition) is 6. The van der Waals surface area contributed by atoms with Crippen LogP contribution < -0.4 is 10.2 Å². The van der Waals surface area contributed by atoms with Gasteiger partial charge in [-0.05, 0) is 18.4 Å². The number of nitrogens with one attached hydrogen (secondary N) is 1. The second kappa shape index (κ2) is 11.7. The Bertz CT molecular complexity index is 1010. The van der Waals surface area contributed by atoms with Gasteiger partial charge in [0.05, 0.1) is 23.7 Å². The molecule has 0 aliphatic carbocycles. The van der Waals surface area contributed by atoms with Crippen LogP contribution in [-0.2, 0) is 22.4 Å². The lowest BCUT2D eigenvalue weighted by Crippen LogP contribution is -2.38. The van der Waals surface area contributed by atoms with Gasteiger partial charge in [-0.15, -0.1) is 0 Å². The molecule has 2 aromatic rings. The van der Waals surface area contributed by atoms with Crippen LogP contribution in [0.15, 0.2) is 30.3 Å². The Kier molecular flexibility index (Phi) is 8.75. The van der Waals surface area contributed by atoms with E-state index in [0.717, 1.165) is 12.8 Å². The van der Waals surface area contributed by atoms with Crippen molar-refractivity contribution in [1.29, 1.82) is 0 Å². The fourth-order valence-corrected chi connectivity index (χ4v) is 4.12. The van der Waals surface area contributed by atoms with Crippen LogP contribution in [-0.4, -0.2) is 48.3 Å². The molecule has 1 heterocycles. The molecular weight excluding hydrogens is 448 g/mol. The first-order valence-electron chi connectivity index (χ1n) is 11.4. The number of nitro benzene ring substituents is 1. The number of carbonyl (C=O) groups is 1. The lowest BCUT2D eigenvalue weighted by Gasteiger charge is -2.31. The van der Waals surface area contributed by atoms with Crippen molar-refractivity contribution in [3.05, 3.63) is 63.2 Å². The Hall–Kier alpha value is -3.27. The quantitative estimate of drug-likeness (QED) is 0.278. The monoisotopic (exact) mass is 477 g/mol. The standard InChI is InChI=1S/C24H29F2N3O5/c1-2-3-5-10-17-19(25)23(28-11-13-34-14-12-28)20(26)21(22(17)29(32)33)27-18(24(30)31)15-16-8-6-4-7-9-16/h4,6-9,18,27H,2-3,5,10-15H2,1H3,(H,30,31)/t18-/m0/s1. The van der Waals surface area contributed by atoms with Gasteiger partial charge in [-0.2, -0.15) is 0 Å². The van der Waals surface area contributed by atoms with Crippen LogP contribution in [0.2, 0.25) is 0 Å². The molecule has 0 amide bonds. The average Bonchev–Trinajstić information content (AvgIpc) is 2.82. The van der Waals surface area contributed by atoms with Crippen LogP contribution in [0.1, 0.15) is 37.3 Å². The molecule has 34 heavy (non-hydrogen) atoms. The summed E-state index contributed by atoms with van der Waals surface area (Å²) in [5, 5.41) is 24.3. The van der Waals surface area contributed by atoms with Gasteiger partial charge in [0.2, 0.25) is 0 Å². The maximum absolute atomic E-state index is 15.8. The summed E-state index contributed by atoms with van der Waals surface area (Å²) in [6.07, 6.45) is 2.01. The van der Waals surface area contributed by atoms with E-state index in [-0.39, 0.29) is 50.4 Å². The number of aliphatic carboxylic acids is 1. The summed E-state index contributed by atoms with van der Waals surface area (Å²) in [5.74, 6) is -3.44. The van der Waals surface area contributed by atoms with Gasteiger partial charge in [-0.3, -0.25) is 10.1 Å². The lowest BCUT2D eigenvalue weighted by atomic mass is 9.99. The number of carboxylic acid groups (broad SMARTS) is 1. The topological polar surface area (TPSA) is 105 Å². The molecule has 1 aliphatic heterocycles. The zero-order valence-corrected chi connectivity index (χ0v) is 19.1. The van der Waals surface area contributed by atoms with E-state index in [9.17, 15) is 20.0 Å². The molecule has 0 spiro atoms. The van der Waals surface area contributed by atoms with E-state index in [1.54, 1.807) is 30.3 Å². The molecule has 2 N–H and O–H groups in total. The van der Waals surface area contributed by atoms with E-state index in [0.29, 0.717) is 12.0 Å². The van der Waals surface area contributed by atoms with E-state index >= 15 is 8.78 Å². The highest BCUT2D eigenvalue weighted by Gasteiger charge is 2.36. The van der Waals surface area contributed by atoms with Crippen LogP contribution >= 0.6 is 0 Å². The summed E-state index contributed by atoms with van der Waals surface area (Å²) in [4.78, 5) is 24.6. The fourth-order valence-electron chi connectivity index (χ4n) is 4.12. The van der Waals surface area contributed by atoms with Crippen molar-refractivity contribution in [2.75, 3.05) is 36.5 Å². The van der Waals surface area contributed by atoms with Gasteiger partial charge in [-0.25, -0.2) is 13.6 Å². The highest BCUT2D eigenvalue weighted by molar-refractivity contribution is 5.82. The number of halogens is 2. The molecule has 0 saturated carbocycles. The minimum Gasteiger partial charge on any atom is -0.480 e. The van der Waals surface area contributed by atoms with E-state index < -0.39 is 39.9 Å².